The van der Waals surface area contributed by atoms with Crippen LogP contribution in [0.1, 0.15) is 12.8 Å². The minimum Gasteiger partial charge on any atom is -0.468 e. The summed E-state index contributed by atoms with van der Waals surface area (Å²) in [6.07, 6.45) is 1.95. The van der Waals surface area contributed by atoms with Gasteiger partial charge in [0.25, 0.3) is 0 Å². The molecule has 1 rings (SSSR count). The number of ether oxygens (including phenoxy) is 1. The third-order valence-corrected chi connectivity index (χ3v) is 2.01. The highest BCUT2D eigenvalue weighted by Gasteiger charge is 2.30. The molecule has 1 N–H and O–H groups in total. The van der Waals surface area contributed by atoms with Gasteiger partial charge in [0.05, 0.1) is 7.11 Å². The third kappa shape index (κ3) is 1.70. The lowest BCUT2D eigenvalue weighted by atomic mass is 10.2. The molecule has 0 radical (unpaired) electrons. The molecular formula is C7H14N2O2. The molecule has 0 aromatic rings. The largest absolute Gasteiger partial charge is 0.468 e. The number of carbonyl (C=O) groups is 1. The van der Waals surface area contributed by atoms with Gasteiger partial charge in [0.1, 0.15) is 6.04 Å². The molecule has 0 aromatic carbocycles. The van der Waals surface area contributed by atoms with Crippen LogP contribution in [0, 0.1) is 0 Å². The van der Waals surface area contributed by atoms with Crippen molar-refractivity contribution in [3.05, 3.63) is 0 Å². The van der Waals surface area contributed by atoms with Crippen molar-refractivity contribution in [2.75, 3.05) is 20.7 Å². The lowest BCUT2D eigenvalue weighted by Gasteiger charge is -2.20. The van der Waals surface area contributed by atoms with Gasteiger partial charge < -0.3 is 4.74 Å². The quantitative estimate of drug-likeness (QED) is 0.563. The summed E-state index contributed by atoms with van der Waals surface area (Å²) in [6.45, 7) is 0.927. The van der Waals surface area contributed by atoms with Crippen molar-refractivity contribution >= 4 is 5.97 Å². The van der Waals surface area contributed by atoms with Gasteiger partial charge in [-0.25, -0.2) is 5.01 Å². The second kappa shape index (κ2) is 3.69. The average molecular weight is 158 g/mol. The van der Waals surface area contributed by atoms with E-state index in [9.17, 15) is 4.79 Å². The van der Waals surface area contributed by atoms with Crippen molar-refractivity contribution in [3.63, 3.8) is 0 Å². The Balaban J connectivity index is 2.49. The zero-order valence-corrected chi connectivity index (χ0v) is 6.96. The van der Waals surface area contributed by atoms with Gasteiger partial charge in [0, 0.05) is 6.54 Å². The minimum atomic E-state index is -0.142. The maximum atomic E-state index is 11.1. The number of hydrogen-bond donors (Lipinski definition) is 1. The van der Waals surface area contributed by atoms with Crippen molar-refractivity contribution in [1.82, 2.24) is 10.4 Å². The number of methoxy groups -OCH3 is 1. The molecule has 1 heterocycles. The van der Waals surface area contributed by atoms with Gasteiger partial charge in [0.15, 0.2) is 0 Å². The second-order valence-electron chi connectivity index (χ2n) is 2.60. The molecule has 0 aliphatic carbocycles. The highest BCUT2D eigenvalue weighted by molar-refractivity contribution is 5.75. The lowest BCUT2D eigenvalue weighted by Crippen LogP contribution is -2.43. The van der Waals surface area contributed by atoms with Gasteiger partial charge in [-0.1, -0.05) is 0 Å². The smallest absolute Gasteiger partial charge is 0.324 e. The first-order chi connectivity index (χ1) is 5.29. The van der Waals surface area contributed by atoms with Crippen LogP contribution >= 0.6 is 0 Å². The third-order valence-electron chi connectivity index (χ3n) is 2.01. The Labute approximate surface area is 66.5 Å². The zero-order chi connectivity index (χ0) is 8.27. The number of nitrogens with one attached hydrogen (secondary N) is 1. The molecule has 11 heavy (non-hydrogen) atoms. The van der Waals surface area contributed by atoms with Crippen molar-refractivity contribution in [1.29, 1.82) is 0 Å². The minimum absolute atomic E-state index is 0.0787. The lowest BCUT2D eigenvalue weighted by molar-refractivity contribution is -0.146. The Morgan fingerprint density at radius 2 is 2.45 bits per heavy atom. The number of nitrogens with zero attached hydrogens (tertiary/aromatic N) is 1. The van der Waals surface area contributed by atoms with E-state index in [1.54, 1.807) is 0 Å². The molecule has 4 nitrogen and oxygen atoms in total. The van der Waals surface area contributed by atoms with E-state index in [4.69, 9.17) is 0 Å². The monoisotopic (exact) mass is 158 g/mol. The average Bonchev–Trinajstić information content (AvgIpc) is 2.50. The van der Waals surface area contributed by atoms with Gasteiger partial charge in [-0.15, -0.1) is 0 Å². The number of hydrogen-bond acceptors (Lipinski definition) is 4. The van der Waals surface area contributed by atoms with Crippen LogP contribution in [0.15, 0.2) is 0 Å². The topological polar surface area (TPSA) is 41.6 Å². The van der Waals surface area contributed by atoms with E-state index in [0.717, 1.165) is 19.4 Å². The van der Waals surface area contributed by atoms with Crippen molar-refractivity contribution in [3.8, 4) is 0 Å². The number of hydrazine groups is 1. The SMILES string of the molecule is CNN1CCCC1C(=O)OC. The fraction of sp³-hybridized carbons (Fsp3) is 0.857. The maximum absolute atomic E-state index is 11.1. The second-order valence-corrected chi connectivity index (χ2v) is 2.60. The molecule has 1 atom stereocenters. The van der Waals surface area contributed by atoms with E-state index in [1.807, 2.05) is 12.1 Å². The van der Waals surface area contributed by atoms with Crippen LogP contribution in [0.2, 0.25) is 0 Å². The molecule has 1 unspecified atom stereocenters. The molecule has 1 saturated heterocycles. The highest BCUT2D eigenvalue weighted by Crippen LogP contribution is 2.14. The first-order valence-electron chi connectivity index (χ1n) is 3.81. The standard InChI is InChI=1S/C7H14N2O2/c1-8-9-5-3-4-6(9)7(10)11-2/h6,8H,3-5H2,1-2H3. The Morgan fingerprint density at radius 1 is 1.73 bits per heavy atom. The van der Waals surface area contributed by atoms with Crippen molar-refractivity contribution < 1.29 is 9.53 Å². The number of rotatable bonds is 2. The van der Waals surface area contributed by atoms with E-state index >= 15 is 0 Å². The van der Waals surface area contributed by atoms with Gasteiger partial charge in [0.2, 0.25) is 0 Å². The summed E-state index contributed by atoms with van der Waals surface area (Å²) in [4.78, 5) is 11.1. The molecule has 0 bridgehead atoms. The van der Waals surface area contributed by atoms with Gasteiger partial charge in [-0.3, -0.25) is 10.2 Å². The van der Waals surface area contributed by atoms with Gasteiger partial charge in [-0.05, 0) is 19.9 Å². The summed E-state index contributed by atoms with van der Waals surface area (Å²) in [7, 11) is 3.25. The fourth-order valence-corrected chi connectivity index (χ4v) is 1.42. The zero-order valence-electron chi connectivity index (χ0n) is 6.96. The van der Waals surface area contributed by atoms with Crippen LogP contribution in [-0.2, 0) is 9.53 Å². The molecule has 0 saturated carbocycles. The van der Waals surface area contributed by atoms with Crippen molar-refractivity contribution in [2.24, 2.45) is 0 Å². The van der Waals surface area contributed by atoms with Crippen LogP contribution in [0.3, 0.4) is 0 Å². The number of carbonyl (C=O) groups excluding carboxylic acids is 1. The summed E-state index contributed by atoms with van der Waals surface area (Å²) in [5, 5.41) is 1.91. The predicted octanol–water partition coefficient (Wildman–Crippen LogP) is -0.242. The van der Waals surface area contributed by atoms with E-state index < -0.39 is 0 Å². The van der Waals surface area contributed by atoms with Crippen molar-refractivity contribution in [2.45, 2.75) is 18.9 Å². The summed E-state index contributed by atoms with van der Waals surface area (Å²) in [5.41, 5.74) is 2.96. The van der Waals surface area contributed by atoms with E-state index in [2.05, 4.69) is 10.2 Å². The summed E-state index contributed by atoms with van der Waals surface area (Å²) < 4.78 is 4.65. The highest BCUT2D eigenvalue weighted by atomic mass is 16.5. The Kier molecular flexibility index (Phi) is 2.84. The molecule has 0 spiro atoms. The van der Waals surface area contributed by atoms with Gasteiger partial charge >= 0.3 is 5.97 Å². The molecular weight excluding hydrogens is 144 g/mol. The van der Waals surface area contributed by atoms with Crippen LogP contribution in [0.25, 0.3) is 0 Å². The van der Waals surface area contributed by atoms with Crippen LogP contribution in [-0.4, -0.2) is 37.7 Å². The Morgan fingerprint density at radius 3 is 3.00 bits per heavy atom. The summed E-state index contributed by atoms with van der Waals surface area (Å²) in [6, 6.07) is -0.0787. The molecule has 0 aromatic heterocycles. The van der Waals surface area contributed by atoms with E-state index in [-0.39, 0.29) is 12.0 Å². The predicted molar refractivity (Wildman–Crippen MR) is 40.8 cm³/mol. The molecule has 4 heteroatoms. The molecule has 0 amide bonds. The molecule has 64 valence electrons. The summed E-state index contributed by atoms with van der Waals surface area (Å²) >= 11 is 0. The van der Waals surface area contributed by atoms with Gasteiger partial charge in [-0.2, -0.15) is 0 Å². The number of esters is 1. The van der Waals surface area contributed by atoms with E-state index in [0.29, 0.717) is 0 Å². The fourth-order valence-electron chi connectivity index (χ4n) is 1.42. The van der Waals surface area contributed by atoms with E-state index in [1.165, 1.54) is 7.11 Å². The Hall–Kier alpha value is -0.610. The van der Waals surface area contributed by atoms with Crippen LogP contribution < -0.4 is 5.43 Å². The maximum Gasteiger partial charge on any atom is 0.324 e. The Bertz CT molecular complexity index is 149. The molecule has 1 fully saturated rings. The first-order valence-corrected chi connectivity index (χ1v) is 3.81. The van der Waals surface area contributed by atoms with Crippen LogP contribution in [0.4, 0.5) is 0 Å². The molecule has 1 aliphatic rings. The summed E-state index contributed by atoms with van der Waals surface area (Å²) in [5.74, 6) is -0.142. The normalized spacial score (nSPS) is 25.5. The first kappa shape index (κ1) is 8.49. The van der Waals surface area contributed by atoms with Crippen LogP contribution in [0.5, 0.6) is 0 Å². The molecule has 1 aliphatic heterocycles.